The lowest BCUT2D eigenvalue weighted by Gasteiger charge is -2.31. The molecule has 0 aliphatic carbocycles. The summed E-state index contributed by atoms with van der Waals surface area (Å²) >= 11 is 0. The van der Waals surface area contributed by atoms with Crippen LogP contribution in [0.15, 0.2) is 12.2 Å². The quantitative estimate of drug-likeness (QED) is 0.451. The van der Waals surface area contributed by atoms with Crippen LogP contribution in [0.5, 0.6) is 0 Å². The number of likely N-dealkylation sites (tertiary alicyclic amines) is 1. The highest BCUT2D eigenvalue weighted by Crippen LogP contribution is 2.15. The van der Waals surface area contributed by atoms with E-state index < -0.39 is 18.2 Å². The average Bonchev–Trinajstić information content (AvgIpc) is 3.08. The molecule has 0 radical (unpaired) electrons. The monoisotopic (exact) mass is 368 g/mol. The summed E-state index contributed by atoms with van der Waals surface area (Å²) in [7, 11) is 0. The fraction of sp³-hybridized carbons (Fsp3) is 0.778. The Hall–Kier alpha value is -1.64. The molecule has 3 amide bonds. The SMILES string of the molecule is CC(C)NC(=O)N[C@@H]1C=C[C@@H](CC(=O)NCCN2CCCC2)O[C@@H]1CO. The number of carbonyl (C=O) groups excluding carboxylic acids is 2. The Morgan fingerprint density at radius 2 is 2.00 bits per heavy atom. The van der Waals surface area contributed by atoms with E-state index in [9.17, 15) is 14.7 Å². The second-order valence-corrected chi connectivity index (χ2v) is 7.18. The van der Waals surface area contributed by atoms with E-state index in [1.165, 1.54) is 12.8 Å². The van der Waals surface area contributed by atoms with Crippen LogP contribution in [0.1, 0.15) is 33.1 Å². The lowest BCUT2D eigenvalue weighted by molar-refractivity contribution is -0.125. The molecule has 0 aromatic carbocycles. The van der Waals surface area contributed by atoms with Gasteiger partial charge in [0.2, 0.25) is 5.91 Å². The average molecular weight is 368 g/mol. The van der Waals surface area contributed by atoms with Gasteiger partial charge < -0.3 is 30.7 Å². The molecule has 1 saturated heterocycles. The van der Waals surface area contributed by atoms with Gasteiger partial charge in [0.05, 0.1) is 25.2 Å². The number of aliphatic hydroxyl groups is 1. The van der Waals surface area contributed by atoms with Gasteiger partial charge in [-0.25, -0.2) is 4.79 Å². The van der Waals surface area contributed by atoms with Gasteiger partial charge >= 0.3 is 6.03 Å². The van der Waals surface area contributed by atoms with E-state index in [1.54, 1.807) is 12.2 Å². The number of nitrogens with one attached hydrogen (secondary N) is 3. The Bertz CT molecular complexity index is 492. The van der Waals surface area contributed by atoms with E-state index in [0.29, 0.717) is 6.54 Å². The molecular weight excluding hydrogens is 336 g/mol. The van der Waals surface area contributed by atoms with Gasteiger partial charge in [-0.15, -0.1) is 0 Å². The van der Waals surface area contributed by atoms with E-state index in [-0.39, 0.29) is 31.0 Å². The van der Waals surface area contributed by atoms with Gasteiger partial charge in [0.1, 0.15) is 6.10 Å². The van der Waals surface area contributed by atoms with Crippen LogP contribution in [0.4, 0.5) is 4.79 Å². The number of amides is 3. The van der Waals surface area contributed by atoms with Gasteiger partial charge in [0.15, 0.2) is 0 Å². The molecule has 0 aromatic heterocycles. The maximum atomic E-state index is 12.1. The molecule has 0 saturated carbocycles. The molecule has 2 aliphatic rings. The summed E-state index contributed by atoms with van der Waals surface area (Å²) < 4.78 is 5.75. The van der Waals surface area contributed by atoms with Gasteiger partial charge in [-0.2, -0.15) is 0 Å². The zero-order valence-electron chi connectivity index (χ0n) is 15.7. The summed E-state index contributed by atoms with van der Waals surface area (Å²) in [5.74, 6) is -0.0699. The second kappa shape index (κ2) is 10.5. The molecule has 8 nitrogen and oxygen atoms in total. The fourth-order valence-electron chi connectivity index (χ4n) is 3.21. The minimum absolute atomic E-state index is 0.0214. The standard InChI is InChI=1S/C18H32N4O4/c1-13(2)20-18(25)21-15-6-5-14(26-16(15)12-23)11-17(24)19-7-10-22-8-3-4-9-22/h5-6,13-16,23H,3-4,7-12H2,1-2H3,(H,19,24)(H2,20,21,25)/t14-,15+,16+/m0/s1. The van der Waals surface area contributed by atoms with Crippen LogP contribution in [0.25, 0.3) is 0 Å². The van der Waals surface area contributed by atoms with Crippen molar-refractivity contribution in [1.29, 1.82) is 0 Å². The van der Waals surface area contributed by atoms with Crippen molar-refractivity contribution in [1.82, 2.24) is 20.9 Å². The van der Waals surface area contributed by atoms with Gasteiger partial charge in [0.25, 0.3) is 0 Å². The number of aliphatic hydroxyl groups excluding tert-OH is 1. The van der Waals surface area contributed by atoms with Crippen LogP contribution in [0.3, 0.4) is 0 Å². The van der Waals surface area contributed by atoms with Crippen LogP contribution in [0, 0.1) is 0 Å². The van der Waals surface area contributed by atoms with Crippen molar-refractivity contribution < 1.29 is 19.4 Å². The molecule has 3 atom stereocenters. The maximum Gasteiger partial charge on any atom is 0.315 e. The van der Waals surface area contributed by atoms with Gasteiger partial charge in [-0.3, -0.25) is 4.79 Å². The van der Waals surface area contributed by atoms with E-state index in [2.05, 4.69) is 20.9 Å². The largest absolute Gasteiger partial charge is 0.394 e. The van der Waals surface area contributed by atoms with Crippen LogP contribution in [-0.2, 0) is 9.53 Å². The van der Waals surface area contributed by atoms with Crippen molar-refractivity contribution >= 4 is 11.9 Å². The first-order chi connectivity index (χ1) is 12.5. The van der Waals surface area contributed by atoms with Crippen molar-refractivity contribution in [3.8, 4) is 0 Å². The lowest BCUT2D eigenvalue weighted by Crippen LogP contribution is -2.52. The summed E-state index contributed by atoms with van der Waals surface area (Å²) in [4.78, 5) is 26.2. The van der Waals surface area contributed by atoms with Crippen LogP contribution in [0.2, 0.25) is 0 Å². The van der Waals surface area contributed by atoms with Gasteiger partial charge in [-0.1, -0.05) is 12.2 Å². The highest BCUT2D eigenvalue weighted by Gasteiger charge is 2.29. The zero-order chi connectivity index (χ0) is 18.9. The number of hydrogen-bond acceptors (Lipinski definition) is 5. The van der Waals surface area contributed by atoms with Crippen molar-refractivity contribution in [2.24, 2.45) is 0 Å². The highest BCUT2D eigenvalue weighted by atomic mass is 16.5. The van der Waals surface area contributed by atoms with E-state index in [1.807, 2.05) is 13.8 Å². The van der Waals surface area contributed by atoms with Crippen molar-refractivity contribution in [3.05, 3.63) is 12.2 Å². The Morgan fingerprint density at radius 3 is 2.65 bits per heavy atom. The van der Waals surface area contributed by atoms with Crippen LogP contribution in [-0.4, -0.2) is 79.0 Å². The Kier molecular flexibility index (Phi) is 8.34. The fourth-order valence-corrected chi connectivity index (χ4v) is 3.21. The first-order valence-electron chi connectivity index (χ1n) is 9.48. The summed E-state index contributed by atoms with van der Waals surface area (Å²) in [5.41, 5.74) is 0. The molecule has 4 N–H and O–H groups in total. The first kappa shape index (κ1) is 20.7. The normalized spacial score (nSPS) is 26.1. The highest BCUT2D eigenvalue weighted by molar-refractivity contribution is 5.77. The molecule has 148 valence electrons. The van der Waals surface area contributed by atoms with Gasteiger partial charge in [-0.05, 0) is 39.8 Å². The van der Waals surface area contributed by atoms with E-state index in [0.717, 1.165) is 19.6 Å². The topological polar surface area (TPSA) is 103 Å². The molecular formula is C18H32N4O4. The molecule has 2 heterocycles. The van der Waals surface area contributed by atoms with Crippen molar-refractivity contribution in [3.63, 3.8) is 0 Å². The minimum Gasteiger partial charge on any atom is -0.394 e. The number of urea groups is 1. The number of hydrogen-bond donors (Lipinski definition) is 4. The smallest absolute Gasteiger partial charge is 0.315 e. The molecule has 1 fully saturated rings. The number of ether oxygens (including phenoxy) is 1. The second-order valence-electron chi connectivity index (χ2n) is 7.18. The Balaban J connectivity index is 1.73. The first-order valence-corrected chi connectivity index (χ1v) is 9.48. The number of nitrogens with zero attached hydrogens (tertiary/aromatic N) is 1. The maximum absolute atomic E-state index is 12.1. The summed E-state index contributed by atoms with van der Waals surface area (Å²) in [6, 6.07) is -0.712. The van der Waals surface area contributed by atoms with Crippen molar-refractivity contribution in [2.45, 2.75) is 57.4 Å². The minimum atomic E-state index is -0.569. The molecule has 0 spiro atoms. The molecule has 0 aromatic rings. The Morgan fingerprint density at radius 1 is 1.27 bits per heavy atom. The van der Waals surface area contributed by atoms with Gasteiger partial charge in [0, 0.05) is 19.1 Å². The molecule has 0 unspecified atom stereocenters. The van der Waals surface area contributed by atoms with Crippen LogP contribution >= 0.6 is 0 Å². The lowest BCUT2D eigenvalue weighted by atomic mass is 10.0. The molecule has 2 rings (SSSR count). The van der Waals surface area contributed by atoms with E-state index >= 15 is 0 Å². The zero-order valence-corrected chi connectivity index (χ0v) is 15.7. The van der Waals surface area contributed by atoms with E-state index in [4.69, 9.17) is 4.74 Å². The summed E-state index contributed by atoms with van der Waals surface area (Å²) in [5, 5.41) is 17.9. The number of carbonyl (C=O) groups is 2. The molecule has 8 heteroatoms. The number of rotatable bonds is 8. The van der Waals surface area contributed by atoms with Crippen molar-refractivity contribution in [2.75, 3.05) is 32.8 Å². The third-order valence-electron chi connectivity index (χ3n) is 4.52. The Labute approximate surface area is 155 Å². The third-order valence-corrected chi connectivity index (χ3v) is 4.52. The summed E-state index contributed by atoms with van der Waals surface area (Å²) in [6.45, 7) is 7.25. The predicted octanol–water partition coefficient (Wildman–Crippen LogP) is -0.0194. The molecule has 0 bridgehead atoms. The molecule has 26 heavy (non-hydrogen) atoms. The predicted molar refractivity (Wildman–Crippen MR) is 98.8 cm³/mol. The molecule has 2 aliphatic heterocycles. The third kappa shape index (κ3) is 6.93. The van der Waals surface area contributed by atoms with Crippen LogP contribution < -0.4 is 16.0 Å². The summed E-state index contributed by atoms with van der Waals surface area (Å²) in [6.07, 6.45) is 5.27.